The second-order valence-electron chi connectivity index (χ2n) is 6.80. The van der Waals surface area contributed by atoms with Crippen LogP contribution in [0.15, 0.2) is 42.2 Å². The number of nitrogens with one attached hydrogen (secondary N) is 1. The maximum absolute atomic E-state index is 11.8. The van der Waals surface area contributed by atoms with Crippen molar-refractivity contribution >= 4 is 29.4 Å². The summed E-state index contributed by atoms with van der Waals surface area (Å²) in [5.74, 6) is 0.171. The van der Waals surface area contributed by atoms with Crippen LogP contribution < -0.4 is 15.1 Å². The summed E-state index contributed by atoms with van der Waals surface area (Å²) in [7, 11) is 0. The van der Waals surface area contributed by atoms with Crippen molar-refractivity contribution in [3.63, 3.8) is 0 Å². The van der Waals surface area contributed by atoms with Gasteiger partial charge in [0.2, 0.25) is 11.9 Å². The Morgan fingerprint density at radius 2 is 1.70 bits per heavy atom. The fourth-order valence-electron chi connectivity index (χ4n) is 3.28. The number of benzene rings is 1. The molecule has 2 fully saturated rings. The molecule has 4 rings (SSSR count). The minimum atomic E-state index is -0.271. The van der Waals surface area contributed by atoms with Gasteiger partial charge in [-0.1, -0.05) is 17.7 Å². The molecule has 3 heterocycles. The van der Waals surface area contributed by atoms with E-state index < -0.39 is 0 Å². The molecule has 27 heavy (non-hydrogen) atoms. The molecule has 7 nitrogen and oxygen atoms in total. The number of aryl methyl sites for hydroxylation is 1. The van der Waals surface area contributed by atoms with Gasteiger partial charge in [0, 0.05) is 38.1 Å². The van der Waals surface area contributed by atoms with E-state index in [1.807, 2.05) is 0 Å². The summed E-state index contributed by atoms with van der Waals surface area (Å²) in [5.41, 5.74) is 3.41. The number of anilines is 2. The molecule has 2 aliphatic rings. The van der Waals surface area contributed by atoms with Gasteiger partial charge in [-0.3, -0.25) is 9.59 Å². The minimum Gasteiger partial charge on any atom is -0.368 e. The van der Waals surface area contributed by atoms with Gasteiger partial charge >= 0.3 is 0 Å². The van der Waals surface area contributed by atoms with E-state index in [9.17, 15) is 9.59 Å². The average molecular weight is 363 g/mol. The number of hydrogen-bond acceptors (Lipinski definition) is 6. The number of Topliss-reactive ketones (excluding diaryl/α,β-unsaturated/α-hetero) is 1. The third kappa shape index (κ3) is 3.81. The van der Waals surface area contributed by atoms with Gasteiger partial charge in [0.05, 0.1) is 17.8 Å². The van der Waals surface area contributed by atoms with Gasteiger partial charge in [0.15, 0.2) is 5.78 Å². The first-order chi connectivity index (χ1) is 13.1. The maximum Gasteiger partial charge on any atom is 0.232 e. The first-order valence-corrected chi connectivity index (χ1v) is 9.03. The Balaban J connectivity index is 1.44. The molecule has 0 atom stereocenters. The molecule has 2 aromatic rings. The number of aromatic nitrogens is 2. The van der Waals surface area contributed by atoms with Crippen molar-refractivity contribution in [2.75, 3.05) is 36.0 Å². The summed E-state index contributed by atoms with van der Waals surface area (Å²) in [5, 5.41) is 2.57. The van der Waals surface area contributed by atoms with E-state index >= 15 is 0 Å². The van der Waals surface area contributed by atoms with E-state index in [0.29, 0.717) is 17.3 Å². The number of nitrogens with zero attached hydrogens (tertiary/aromatic N) is 4. The SMILES string of the molecule is Cc1ccc(N2CCN(c3nccc(/C=C4\NC(=O)CC4=O)n3)CC2)cc1. The minimum absolute atomic E-state index is 0.0925. The molecule has 7 heteroatoms. The fourth-order valence-corrected chi connectivity index (χ4v) is 3.28. The van der Waals surface area contributed by atoms with Crippen LogP contribution >= 0.6 is 0 Å². The molecule has 2 aliphatic heterocycles. The molecule has 1 amide bonds. The number of ketones is 1. The number of rotatable bonds is 3. The molecule has 0 radical (unpaired) electrons. The molecule has 2 saturated heterocycles. The van der Waals surface area contributed by atoms with E-state index in [-0.39, 0.29) is 18.1 Å². The summed E-state index contributed by atoms with van der Waals surface area (Å²) in [4.78, 5) is 36.5. The van der Waals surface area contributed by atoms with Crippen LogP contribution in [0, 0.1) is 6.92 Å². The molecule has 0 saturated carbocycles. The van der Waals surface area contributed by atoms with E-state index in [1.54, 1.807) is 18.3 Å². The second kappa shape index (κ2) is 7.19. The van der Waals surface area contributed by atoms with Gasteiger partial charge in [0.1, 0.15) is 0 Å². The summed E-state index contributed by atoms with van der Waals surface area (Å²) < 4.78 is 0. The quantitative estimate of drug-likeness (QED) is 0.658. The second-order valence-corrected chi connectivity index (χ2v) is 6.80. The van der Waals surface area contributed by atoms with Crippen LogP contribution in [-0.2, 0) is 9.59 Å². The Kier molecular flexibility index (Phi) is 4.58. The lowest BCUT2D eigenvalue weighted by Crippen LogP contribution is -2.47. The van der Waals surface area contributed by atoms with Gasteiger partial charge in [-0.25, -0.2) is 9.97 Å². The molecule has 0 aliphatic carbocycles. The number of carbonyl (C=O) groups is 2. The van der Waals surface area contributed by atoms with E-state index in [0.717, 1.165) is 26.2 Å². The van der Waals surface area contributed by atoms with Gasteiger partial charge in [0.25, 0.3) is 0 Å². The lowest BCUT2D eigenvalue weighted by atomic mass is 10.2. The normalized spacial score (nSPS) is 18.9. The average Bonchev–Trinajstić information content (AvgIpc) is 3.00. The highest BCUT2D eigenvalue weighted by Gasteiger charge is 2.24. The van der Waals surface area contributed by atoms with Crippen molar-refractivity contribution < 1.29 is 9.59 Å². The molecule has 0 bridgehead atoms. The third-order valence-electron chi connectivity index (χ3n) is 4.81. The molecule has 138 valence electrons. The van der Waals surface area contributed by atoms with E-state index in [2.05, 4.69) is 56.3 Å². The Morgan fingerprint density at radius 3 is 2.37 bits per heavy atom. The topological polar surface area (TPSA) is 78.4 Å². The Bertz CT molecular complexity index is 899. The molecular formula is C20H21N5O2. The zero-order chi connectivity index (χ0) is 18.8. The van der Waals surface area contributed by atoms with Crippen molar-refractivity contribution in [1.82, 2.24) is 15.3 Å². The lowest BCUT2D eigenvalue weighted by molar-refractivity contribution is -0.121. The highest BCUT2D eigenvalue weighted by Crippen LogP contribution is 2.19. The molecule has 0 unspecified atom stereocenters. The van der Waals surface area contributed by atoms with Crippen LogP contribution in [0.25, 0.3) is 6.08 Å². The zero-order valence-corrected chi connectivity index (χ0v) is 15.2. The van der Waals surface area contributed by atoms with Gasteiger partial charge in [-0.15, -0.1) is 0 Å². The smallest absolute Gasteiger partial charge is 0.232 e. The molecule has 1 aromatic carbocycles. The summed E-state index contributed by atoms with van der Waals surface area (Å²) in [6, 6.07) is 10.3. The van der Waals surface area contributed by atoms with Crippen LogP contribution in [0.1, 0.15) is 17.7 Å². The molecular weight excluding hydrogens is 342 g/mol. The predicted molar refractivity (Wildman–Crippen MR) is 103 cm³/mol. The number of allylic oxidation sites excluding steroid dienone is 1. The van der Waals surface area contributed by atoms with Gasteiger partial charge in [-0.05, 0) is 31.2 Å². The molecule has 1 N–H and O–H groups in total. The number of piperazine rings is 1. The number of hydrogen-bond donors (Lipinski definition) is 1. The Morgan fingerprint density at radius 1 is 1.00 bits per heavy atom. The first-order valence-electron chi connectivity index (χ1n) is 9.03. The van der Waals surface area contributed by atoms with Gasteiger partial charge < -0.3 is 15.1 Å². The maximum atomic E-state index is 11.8. The molecule has 1 aromatic heterocycles. The van der Waals surface area contributed by atoms with Crippen molar-refractivity contribution in [2.45, 2.75) is 13.3 Å². The van der Waals surface area contributed by atoms with Crippen molar-refractivity contribution in [3.8, 4) is 0 Å². The largest absolute Gasteiger partial charge is 0.368 e. The summed E-state index contributed by atoms with van der Waals surface area (Å²) in [6.45, 7) is 5.53. The van der Waals surface area contributed by atoms with Crippen LogP contribution in [0.4, 0.5) is 11.6 Å². The van der Waals surface area contributed by atoms with Crippen LogP contribution in [0.2, 0.25) is 0 Å². The number of carbonyl (C=O) groups excluding carboxylic acids is 2. The highest BCUT2D eigenvalue weighted by atomic mass is 16.2. The fraction of sp³-hybridized carbons (Fsp3) is 0.300. The van der Waals surface area contributed by atoms with Crippen LogP contribution in [-0.4, -0.2) is 47.8 Å². The monoisotopic (exact) mass is 363 g/mol. The summed E-state index contributed by atoms with van der Waals surface area (Å²) >= 11 is 0. The lowest BCUT2D eigenvalue weighted by Gasteiger charge is -2.36. The van der Waals surface area contributed by atoms with Crippen molar-refractivity contribution in [1.29, 1.82) is 0 Å². The Hall–Kier alpha value is -3.22. The molecule has 0 spiro atoms. The predicted octanol–water partition coefficient (Wildman–Crippen LogP) is 1.54. The van der Waals surface area contributed by atoms with Crippen LogP contribution in [0.5, 0.6) is 0 Å². The summed E-state index contributed by atoms with van der Waals surface area (Å²) in [6.07, 6.45) is 3.20. The van der Waals surface area contributed by atoms with E-state index in [4.69, 9.17) is 0 Å². The van der Waals surface area contributed by atoms with Crippen LogP contribution in [0.3, 0.4) is 0 Å². The standard InChI is InChI=1S/C20H21N5O2/c1-14-2-4-16(5-3-14)24-8-10-25(11-9-24)20-21-7-6-15(22-20)12-17-18(26)13-19(27)23-17/h2-7,12H,8-11,13H2,1H3,(H,23,27)/b17-12-. The highest BCUT2D eigenvalue weighted by molar-refractivity contribution is 6.16. The number of amides is 1. The zero-order valence-electron chi connectivity index (χ0n) is 15.2. The van der Waals surface area contributed by atoms with Crippen molar-refractivity contribution in [3.05, 3.63) is 53.5 Å². The van der Waals surface area contributed by atoms with Crippen molar-refractivity contribution in [2.24, 2.45) is 0 Å². The first kappa shape index (κ1) is 17.2. The Labute approximate surface area is 157 Å². The van der Waals surface area contributed by atoms with E-state index in [1.165, 1.54) is 11.3 Å². The third-order valence-corrected chi connectivity index (χ3v) is 4.81. The van der Waals surface area contributed by atoms with Gasteiger partial charge in [-0.2, -0.15) is 0 Å².